The number of rotatable bonds is 30. The Balaban J connectivity index is 0.0000106. The second kappa shape index (κ2) is 30.4. The van der Waals surface area contributed by atoms with Gasteiger partial charge in [-0.2, -0.15) is 0 Å². The maximum atomic E-state index is 12.8. The van der Waals surface area contributed by atoms with Crippen LogP contribution in [0.2, 0.25) is 0 Å². The van der Waals surface area contributed by atoms with E-state index in [1.807, 2.05) is 24.3 Å². The third-order valence-electron chi connectivity index (χ3n) is 9.78. The van der Waals surface area contributed by atoms with E-state index in [1.54, 1.807) is 0 Å². The van der Waals surface area contributed by atoms with Crippen LogP contribution in [0.5, 0.6) is 11.5 Å². The van der Waals surface area contributed by atoms with Gasteiger partial charge >= 0.3 is 37.7 Å². The minimum atomic E-state index is 0. The van der Waals surface area contributed by atoms with Crippen molar-refractivity contribution in [2.24, 2.45) is 0 Å². The van der Waals surface area contributed by atoms with Gasteiger partial charge in [0.15, 0.2) is 0 Å². The number of benzene rings is 2. The molecule has 46 heavy (non-hydrogen) atoms. The zero-order valence-electron chi connectivity index (χ0n) is 30.5. The Kier molecular flexibility index (Phi) is 28.6. The van der Waals surface area contributed by atoms with E-state index in [2.05, 4.69) is 26.0 Å². The largest absolute Gasteiger partial charge is 2.00 e. The Labute approximate surface area is 316 Å². The number of unbranched alkanes of at least 4 members (excludes halogenated alkanes) is 24. The predicted molar refractivity (Wildman–Crippen MR) is 199 cm³/mol. The first-order valence-electron chi connectivity index (χ1n) is 19.7. The van der Waals surface area contributed by atoms with E-state index < -0.39 is 0 Å². The molecular formula is C43H70CaO2. The molecule has 2 rings (SSSR count). The van der Waals surface area contributed by atoms with E-state index >= 15 is 0 Å². The van der Waals surface area contributed by atoms with Crippen LogP contribution in [-0.4, -0.2) is 37.7 Å². The third kappa shape index (κ3) is 22.0. The molecule has 0 saturated carbocycles. The molecule has 0 amide bonds. The van der Waals surface area contributed by atoms with Crippen molar-refractivity contribution in [3.63, 3.8) is 0 Å². The van der Waals surface area contributed by atoms with Crippen LogP contribution < -0.4 is 10.2 Å². The van der Waals surface area contributed by atoms with Crippen LogP contribution in [0, 0.1) is 0 Å². The molecule has 0 atom stereocenters. The summed E-state index contributed by atoms with van der Waals surface area (Å²) in [6.45, 7) is 4.56. The fourth-order valence-corrected chi connectivity index (χ4v) is 6.70. The first kappa shape index (κ1) is 43.3. The van der Waals surface area contributed by atoms with Crippen molar-refractivity contribution >= 4 is 37.7 Å². The zero-order chi connectivity index (χ0) is 32.2. The molecule has 0 spiro atoms. The second-order valence-electron chi connectivity index (χ2n) is 14.0. The smallest absolute Gasteiger partial charge is 0.872 e. The molecule has 0 aliphatic heterocycles. The zero-order valence-corrected chi connectivity index (χ0v) is 32.7. The summed E-state index contributed by atoms with van der Waals surface area (Å²) in [6.07, 6.45) is 37.7. The number of aryl methyl sites for hydroxylation is 2. The molecule has 2 nitrogen and oxygen atoms in total. The van der Waals surface area contributed by atoms with Crippen molar-refractivity contribution in [2.75, 3.05) is 0 Å². The molecule has 0 aliphatic rings. The monoisotopic (exact) mass is 659 g/mol. The molecule has 2 aromatic carbocycles. The molecule has 0 heterocycles. The molecule has 3 heteroatoms. The van der Waals surface area contributed by atoms with Crippen molar-refractivity contribution in [3.05, 3.63) is 58.7 Å². The third-order valence-corrected chi connectivity index (χ3v) is 9.78. The van der Waals surface area contributed by atoms with Crippen molar-refractivity contribution in [1.82, 2.24) is 0 Å². The fraction of sp³-hybridized carbons (Fsp3) is 0.721. The Morgan fingerprint density at radius 1 is 0.370 bits per heavy atom. The summed E-state index contributed by atoms with van der Waals surface area (Å²) in [6, 6.07) is 11.7. The molecule has 256 valence electrons. The summed E-state index contributed by atoms with van der Waals surface area (Å²) in [5, 5.41) is 25.6. The summed E-state index contributed by atoms with van der Waals surface area (Å²) in [4.78, 5) is 0. The standard InChI is InChI=1S/C43H72O2.Ca/c1-3-5-7-9-11-13-15-17-19-21-23-25-27-29-38-31-33-40(42(44)35-38)37-41-34-32-39(36-43(41)45)30-28-26-24-22-20-18-16-14-12-10-8-6-4-2;/h31-36,44-45H,3-30,37H2,1-2H3;/q;+2/p-2. The van der Waals surface area contributed by atoms with Crippen molar-refractivity contribution in [1.29, 1.82) is 0 Å². The SMILES string of the molecule is CCCCCCCCCCCCCCCc1ccc(Cc2ccc(CCCCCCCCCCCCCCC)cc2[O-])c([O-])c1.[Ca+2]. The van der Waals surface area contributed by atoms with Gasteiger partial charge in [-0.1, -0.05) is 215 Å². The number of hydrogen-bond donors (Lipinski definition) is 0. The first-order valence-corrected chi connectivity index (χ1v) is 19.7. The van der Waals surface area contributed by atoms with Crippen molar-refractivity contribution < 1.29 is 10.2 Å². The number of hydrogen-bond acceptors (Lipinski definition) is 2. The molecule has 0 fully saturated rings. The quantitative estimate of drug-likeness (QED) is 0.0619. The van der Waals surface area contributed by atoms with E-state index in [4.69, 9.17) is 0 Å². The van der Waals surface area contributed by atoms with Gasteiger partial charge < -0.3 is 10.2 Å². The Morgan fingerprint density at radius 3 is 0.891 bits per heavy atom. The van der Waals surface area contributed by atoms with E-state index in [1.165, 1.54) is 154 Å². The maximum absolute atomic E-state index is 12.8. The van der Waals surface area contributed by atoms with Crippen LogP contribution in [-0.2, 0) is 19.3 Å². The van der Waals surface area contributed by atoms with Crippen LogP contribution in [0.4, 0.5) is 0 Å². The Morgan fingerprint density at radius 2 is 0.630 bits per heavy atom. The van der Waals surface area contributed by atoms with Gasteiger partial charge in [-0.15, -0.1) is 11.5 Å². The maximum Gasteiger partial charge on any atom is 2.00 e. The molecule has 0 N–H and O–H groups in total. The topological polar surface area (TPSA) is 46.1 Å². The average molecular weight is 659 g/mol. The van der Waals surface area contributed by atoms with Gasteiger partial charge in [0.05, 0.1) is 0 Å². The van der Waals surface area contributed by atoms with E-state index in [0.717, 1.165) is 47.9 Å². The van der Waals surface area contributed by atoms with Gasteiger partial charge in [-0.25, -0.2) is 0 Å². The Hall–Kier alpha value is -0.700. The van der Waals surface area contributed by atoms with Gasteiger partial charge in [0, 0.05) is 0 Å². The fourth-order valence-electron chi connectivity index (χ4n) is 6.70. The van der Waals surface area contributed by atoms with Crippen LogP contribution >= 0.6 is 0 Å². The van der Waals surface area contributed by atoms with Gasteiger partial charge in [0.2, 0.25) is 0 Å². The minimum absolute atomic E-state index is 0. The van der Waals surface area contributed by atoms with Gasteiger partial charge in [0.25, 0.3) is 0 Å². The average Bonchev–Trinajstić information content (AvgIpc) is 3.04. The van der Waals surface area contributed by atoms with Crippen LogP contribution in [0.25, 0.3) is 0 Å². The van der Waals surface area contributed by atoms with Gasteiger partial charge in [0.1, 0.15) is 0 Å². The molecule has 0 radical (unpaired) electrons. The normalized spacial score (nSPS) is 11.2. The summed E-state index contributed by atoms with van der Waals surface area (Å²) >= 11 is 0. The Bertz CT molecular complexity index is 894. The van der Waals surface area contributed by atoms with Crippen molar-refractivity contribution in [3.8, 4) is 11.5 Å². The predicted octanol–water partition coefficient (Wildman–Crippen LogP) is 12.3. The van der Waals surface area contributed by atoms with E-state index in [9.17, 15) is 10.2 Å². The molecule has 0 aliphatic carbocycles. The van der Waals surface area contributed by atoms with Crippen LogP contribution in [0.1, 0.15) is 203 Å². The molecule has 2 aromatic rings. The van der Waals surface area contributed by atoms with Gasteiger partial charge in [-0.05, 0) is 43.2 Å². The molecule has 0 bridgehead atoms. The van der Waals surface area contributed by atoms with Gasteiger partial charge in [-0.3, -0.25) is 0 Å². The van der Waals surface area contributed by atoms with E-state index in [0.29, 0.717) is 6.42 Å². The summed E-state index contributed by atoms with van der Waals surface area (Å²) in [5.41, 5.74) is 3.76. The molecular weight excluding hydrogens is 589 g/mol. The minimum Gasteiger partial charge on any atom is -0.872 e. The van der Waals surface area contributed by atoms with Crippen LogP contribution in [0.15, 0.2) is 36.4 Å². The summed E-state index contributed by atoms with van der Waals surface area (Å²) in [5.74, 6) is 0.162. The molecule has 0 aromatic heterocycles. The van der Waals surface area contributed by atoms with Crippen LogP contribution in [0.3, 0.4) is 0 Å². The molecule has 0 saturated heterocycles. The van der Waals surface area contributed by atoms with E-state index in [-0.39, 0.29) is 49.2 Å². The summed E-state index contributed by atoms with van der Waals surface area (Å²) < 4.78 is 0. The van der Waals surface area contributed by atoms with Crippen molar-refractivity contribution in [2.45, 2.75) is 200 Å². The first-order chi connectivity index (χ1) is 22.1. The second-order valence-corrected chi connectivity index (χ2v) is 14.0. The summed E-state index contributed by atoms with van der Waals surface area (Å²) in [7, 11) is 0. The molecule has 0 unspecified atom stereocenters.